The molecular formula is C13H13F2N3OS. The first-order chi connectivity index (χ1) is 9.52. The van der Waals surface area contributed by atoms with Crippen LogP contribution in [0.3, 0.4) is 0 Å². The summed E-state index contributed by atoms with van der Waals surface area (Å²) in [6, 6.07) is 2.05. The number of rotatable bonds is 4. The van der Waals surface area contributed by atoms with Gasteiger partial charge in [0.2, 0.25) is 0 Å². The van der Waals surface area contributed by atoms with Crippen molar-refractivity contribution in [2.45, 2.75) is 6.54 Å². The summed E-state index contributed by atoms with van der Waals surface area (Å²) < 4.78 is 27.3. The van der Waals surface area contributed by atoms with Gasteiger partial charge in [-0.15, -0.1) is 11.3 Å². The molecule has 0 atom stereocenters. The number of anilines is 1. The molecule has 7 heteroatoms. The first-order valence-corrected chi connectivity index (χ1v) is 6.76. The SMILES string of the molecule is CNc1c(F)cc(C(=O)N(C)Cc2cscn2)cc1F. The standard InChI is InChI=1S/C13H13F2N3OS/c1-16-12-10(14)3-8(4-11(12)15)13(19)18(2)5-9-6-20-7-17-9/h3-4,6-7,16H,5H2,1-2H3. The highest BCUT2D eigenvalue weighted by molar-refractivity contribution is 7.07. The lowest BCUT2D eigenvalue weighted by Gasteiger charge is -2.16. The summed E-state index contributed by atoms with van der Waals surface area (Å²) in [6.07, 6.45) is 0. The lowest BCUT2D eigenvalue weighted by molar-refractivity contribution is 0.0782. The predicted molar refractivity (Wildman–Crippen MR) is 73.8 cm³/mol. The maximum absolute atomic E-state index is 13.6. The van der Waals surface area contributed by atoms with Crippen molar-refractivity contribution in [3.05, 3.63) is 45.9 Å². The molecule has 0 unspecified atom stereocenters. The van der Waals surface area contributed by atoms with Gasteiger partial charge < -0.3 is 10.2 Å². The van der Waals surface area contributed by atoms with Crippen LogP contribution in [-0.2, 0) is 6.54 Å². The van der Waals surface area contributed by atoms with Crippen molar-refractivity contribution in [1.29, 1.82) is 0 Å². The smallest absolute Gasteiger partial charge is 0.254 e. The van der Waals surface area contributed by atoms with E-state index >= 15 is 0 Å². The van der Waals surface area contributed by atoms with E-state index in [9.17, 15) is 13.6 Å². The van der Waals surface area contributed by atoms with Crippen LogP contribution in [0, 0.1) is 11.6 Å². The lowest BCUT2D eigenvalue weighted by Crippen LogP contribution is -2.26. The lowest BCUT2D eigenvalue weighted by atomic mass is 10.1. The zero-order chi connectivity index (χ0) is 14.7. The van der Waals surface area contributed by atoms with E-state index < -0.39 is 17.5 Å². The highest BCUT2D eigenvalue weighted by atomic mass is 32.1. The monoisotopic (exact) mass is 297 g/mol. The second-order valence-electron chi connectivity index (χ2n) is 4.21. The Kier molecular flexibility index (Phi) is 4.29. The zero-order valence-corrected chi connectivity index (χ0v) is 11.8. The first kappa shape index (κ1) is 14.4. The third-order valence-corrected chi connectivity index (χ3v) is 3.40. The topological polar surface area (TPSA) is 45.2 Å². The highest BCUT2D eigenvalue weighted by Crippen LogP contribution is 2.21. The number of amides is 1. The van der Waals surface area contributed by atoms with Crippen LogP contribution < -0.4 is 5.32 Å². The number of benzene rings is 1. The average molecular weight is 297 g/mol. The van der Waals surface area contributed by atoms with Gasteiger partial charge in [-0.2, -0.15) is 0 Å². The number of halogens is 2. The van der Waals surface area contributed by atoms with Crippen LogP contribution in [0.1, 0.15) is 16.1 Å². The molecule has 2 aromatic rings. The molecule has 0 radical (unpaired) electrons. The van der Waals surface area contributed by atoms with Crippen molar-refractivity contribution in [3.63, 3.8) is 0 Å². The number of carbonyl (C=O) groups excluding carboxylic acids is 1. The molecular weight excluding hydrogens is 284 g/mol. The molecule has 0 aliphatic rings. The Bertz CT molecular complexity index is 593. The zero-order valence-electron chi connectivity index (χ0n) is 11.0. The molecule has 2 rings (SSSR count). The van der Waals surface area contributed by atoms with Gasteiger partial charge in [0.15, 0.2) is 0 Å². The maximum Gasteiger partial charge on any atom is 0.254 e. The highest BCUT2D eigenvalue weighted by Gasteiger charge is 2.17. The minimum absolute atomic E-state index is 0.0308. The largest absolute Gasteiger partial charge is 0.383 e. The average Bonchev–Trinajstić information content (AvgIpc) is 2.90. The number of aromatic nitrogens is 1. The predicted octanol–water partition coefficient (Wildman–Crippen LogP) is 2.74. The fourth-order valence-electron chi connectivity index (χ4n) is 1.79. The van der Waals surface area contributed by atoms with E-state index in [1.54, 1.807) is 12.6 Å². The van der Waals surface area contributed by atoms with E-state index in [-0.39, 0.29) is 11.3 Å². The number of thiazole rings is 1. The molecule has 1 aromatic carbocycles. The van der Waals surface area contributed by atoms with Crippen molar-refractivity contribution in [1.82, 2.24) is 9.88 Å². The second-order valence-corrected chi connectivity index (χ2v) is 4.92. The molecule has 0 saturated heterocycles. The van der Waals surface area contributed by atoms with Gasteiger partial charge in [-0.05, 0) is 12.1 Å². The Morgan fingerprint density at radius 3 is 2.55 bits per heavy atom. The fourth-order valence-corrected chi connectivity index (χ4v) is 2.34. The molecule has 0 fully saturated rings. The molecule has 20 heavy (non-hydrogen) atoms. The second kappa shape index (κ2) is 5.96. The van der Waals surface area contributed by atoms with Crippen LogP contribution >= 0.6 is 11.3 Å². The Labute approximate surface area is 119 Å². The van der Waals surface area contributed by atoms with E-state index in [4.69, 9.17) is 0 Å². The van der Waals surface area contributed by atoms with E-state index in [1.807, 2.05) is 5.38 Å². The summed E-state index contributed by atoms with van der Waals surface area (Å²) in [7, 11) is 2.97. The summed E-state index contributed by atoms with van der Waals surface area (Å²) in [5.74, 6) is -2.05. The summed E-state index contributed by atoms with van der Waals surface area (Å²) in [5.41, 5.74) is 2.12. The van der Waals surface area contributed by atoms with E-state index in [1.165, 1.54) is 23.3 Å². The number of nitrogens with one attached hydrogen (secondary N) is 1. The summed E-state index contributed by atoms with van der Waals surface area (Å²) in [6.45, 7) is 0.291. The number of nitrogens with zero attached hydrogens (tertiary/aromatic N) is 2. The molecule has 0 aliphatic heterocycles. The van der Waals surface area contributed by atoms with Crippen molar-refractivity contribution in [2.24, 2.45) is 0 Å². The van der Waals surface area contributed by atoms with Crippen molar-refractivity contribution < 1.29 is 13.6 Å². The minimum Gasteiger partial charge on any atom is -0.383 e. The van der Waals surface area contributed by atoms with Gasteiger partial charge in [0, 0.05) is 25.0 Å². The minimum atomic E-state index is -0.794. The first-order valence-electron chi connectivity index (χ1n) is 5.82. The molecule has 1 aromatic heterocycles. The molecule has 0 saturated carbocycles. The van der Waals surface area contributed by atoms with Crippen molar-refractivity contribution >= 4 is 22.9 Å². The Balaban J connectivity index is 2.20. The fraction of sp³-hybridized carbons (Fsp3) is 0.231. The van der Waals surface area contributed by atoms with Crippen LogP contribution in [0.5, 0.6) is 0 Å². The number of hydrogen-bond donors (Lipinski definition) is 1. The quantitative estimate of drug-likeness (QED) is 0.944. The Morgan fingerprint density at radius 2 is 2.05 bits per heavy atom. The van der Waals surface area contributed by atoms with Crippen LogP contribution in [-0.4, -0.2) is 29.9 Å². The van der Waals surface area contributed by atoms with Gasteiger partial charge in [-0.3, -0.25) is 4.79 Å². The van der Waals surface area contributed by atoms with Crippen molar-refractivity contribution in [2.75, 3.05) is 19.4 Å². The molecule has 1 N–H and O–H groups in total. The summed E-state index contributed by atoms with van der Waals surface area (Å²) >= 11 is 1.42. The van der Waals surface area contributed by atoms with E-state index in [2.05, 4.69) is 10.3 Å². The third kappa shape index (κ3) is 2.93. The molecule has 1 amide bonds. The summed E-state index contributed by atoms with van der Waals surface area (Å²) in [5, 5.41) is 4.23. The molecule has 106 valence electrons. The van der Waals surface area contributed by atoms with E-state index in [0.717, 1.165) is 17.8 Å². The van der Waals surface area contributed by atoms with Crippen LogP contribution in [0.15, 0.2) is 23.0 Å². The number of carbonyl (C=O) groups is 1. The Hall–Kier alpha value is -2.02. The Morgan fingerprint density at radius 1 is 1.40 bits per heavy atom. The van der Waals surface area contributed by atoms with Crippen LogP contribution in [0.4, 0.5) is 14.5 Å². The number of hydrogen-bond acceptors (Lipinski definition) is 4. The van der Waals surface area contributed by atoms with Crippen LogP contribution in [0.2, 0.25) is 0 Å². The normalized spacial score (nSPS) is 10.4. The molecule has 0 aliphatic carbocycles. The van der Waals surface area contributed by atoms with Gasteiger partial charge >= 0.3 is 0 Å². The van der Waals surface area contributed by atoms with Gasteiger partial charge in [-0.1, -0.05) is 0 Å². The maximum atomic E-state index is 13.6. The van der Waals surface area contributed by atoms with Gasteiger partial charge in [-0.25, -0.2) is 13.8 Å². The third-order valence-electron chi connectivity index (χ3n) is 2.77. The van der Waals surface area contributed by atoms with E-state index in [0.29, 0.717) is 6.54 Å². The van der Waals surface area contributed by atoms with Crippen molar-refractivity contribution in [3.8, 4) is 0 Å². The molecule has 0 spiro atoms. The van der Waals surface area contributed by atoms with Gasteiger partial charge in [0.1, 0.15) is 17.3 Å². The molecule has 1 heterocycles. The van der Waals surface area contributed by atoms with Gasteiger partial charge in [0.05, 0.1) is 17.7 Å². The summed E-state index contributed by atoms with van der Waals surface area (Å²) in [4.78, 5) is 17.5. The van der Waals surface area contributed by atoms with Crippen LogP contribution in [0.25, 0.3) is 0 Å². The van der Waals surface area contributed by atoms with Gasteiger partial charge in [0.25, 0.3) is 5.91 Å². The molecule has 4 nitrogen and oxygen atoms in total. The molecule has 0 bridgehead atoms.